The van der Waals surface area contributed by atoms with E-state index in [-0.39, 0.29) is 5.91 Å². The Kier molecular flexibility index (Phi) is 3.68. The molecule has 1 aromatic rings. The van der Waals surface area contributed by atoms with Gasteiger partial charge in [-0.1, -0.05) is 0 Å². The molecule has 0 aliphatic rings. The van der Waals surface area contributed by atoms with E-state index in [0.717, 1.165) is 6.54 Å². The number of hydrogen-bond acceptors (Lipinski definition) is 4. The van der Waals surface area contributed by atoms with Gasteiger partial charge in [0.05, 0.1) is 0 Å². The number of carbonyl (C=O) groups is 1. The molecule has 0 aromatic carbocycles. The smallest absolute Gasteiger partial charge is 0.271 e. The first-order valence-corrected chi connectivity index (χ1v) is 4.73. The van der Waals surface area contributed by atoms with E-state index in [2.05, 4.69) is 10.4 Å². The summed E-state index contributed by atoms with van der Waals surface area (Å²) in [6, 6.07) is 1.56. The fraction of sp³-hybridized carbons (Fsp3) is 0.556. The summed E-state index contributed by atoms with van der Waals surface area (Å²) >= 11 is 0. The molecule has 0 radical (unpaired) electrons. The highest BCUT2D eigenvalue weighted by molar-refractivity contribution is 5.92. The molecule has 0 aliphatic carbocycles. The van der Waals surface area contributed by atoms with Crippen LogP contribution < -0.4 is 11.1 Å². The summed E-state index contributed by atoms with van der Waals surface area (Å²) in [5.74, 6) is 0.289. The van der Waals surface area contributed by atoms with Crippen LogP contribution in [0, 0.1) is 0 Å². The van der Waals surface area contributed by atoms with Crippen LogP contribution in [0.5, 0.6) is 0 Å². The summed E-state index contributed by atoms with van der Waals surface area (Å²) in [7, 11) is 5.60. The number of carbonyl (C=O) groups excluding carboxylic acids is 1. The van der Waals surface area contributed by atoms with E-state index < -0.39 is 0 Å². The zero-order valence-corrected chi connectivity index (χ0v) is 9.32. The van der Waals surface area contributed by atoms with E-state index in [9.17, 15) is 4.79 Å². The normalized spacial score (nSPS) is 10.7. The molecule has 1 amide bonds. The largest absolute Gasteiger partial charge is 0.384 e. The predicted molar refractivity (Wildman–Crippen MR) is 58.5 cm³/mol. The van der Waals surface area contributed by atoms with Crippen LogP contribution in [-0.2, 0) is 7.05 Å². The van der Waals surface area contributed by atoms with Gasteiger partial charge in [-0.25, -0.2) is 0 Å². The Morgan fingerprint density at radius 2 is 2.33 bits per heavy atom. The number of anilines is 1. The lowest BCUT2D eigenvalue weighted by molar-refractivity contribution is 0.0945. The van der Waals surface area contributed by atoms with Crippen LogP contribution in [0.15, 0.2) is 6.07 Å². The molecule has 6 nitrogen and oxygen atoms in total. The maximum Gasteiger partial charge on any atom is 0.271 e. The molecular formula is C9H17N5O. The lowest BCUT2D eigenvalue weighted by Gasteiger charge is -2.09. The molecular weight excluding hydrogens is 194 g/mol. The molecule has 0 spiro atoms. The van der Waals surface area contributed by atoms with Crippen molar-refractivity contribution in [1.29, 1.82) is 0 Å². The average Bonchev–Trinajstić information content (AvgIpc) is 2.46. The van der Waals surface area contributed by atoms with Crippen LogP contribution in [0.25, 0.3) is 0 Å². The van der Waals surface area contributed by atoms with Gasteiger partial charge < -0.3 is 16.0 Å². The number of aryl methyl sites for hydroxylation is 1. The third-order valence-corrected chi connectivity index (χ3v) is 1.99. The molecule has 1 rings (SSSR count). The summed E-state index contributed by atoms with van der Waals surface area (Å²) in [5, 5.41) is 6.73. The fourth-order valence-corrected chi connectivity index (χ4v) is 1.08. The number of nitrogens with two attached hydrogens (primary N) is 1. The molecule has 0 bridgehead atoms. The second-order valence-electron chi connectivity index (χ2n) is 3.64. The Balaban J connectivity index is 2.47. The molecule has 0 fully saturated rings. The molecule has 3 N–H and O–H groups in total. The topological polar surface area (TPSA) is 76.2 Å². The standard InChI is InChI=1S/C9H17N5O/c1-13(2)5-4-11-9(15)7-6-8(10)14(3)12-7/h6H,4-5,10H2,1-3H3,(H,11,15). The van der Waals surface area contributed by atoms with Crippen molar-refractivity contribution in [2.75, 3.05) is 32.9 Å². The zero-order valence-electron chi connectivity index (χ0n) is 9.32. The lowest BCUT2D eigenvalue weighted by Crippen LogP contribution is -2.31. The lowest BCUT2D eigenvalue weighted by atomic mass is 10.4. The summed E-state index contributed by atoms with van der Waals surface area (Å²) in [4.78, 5) is 13.5. The van der Waals surface area contributed by atoms with Crippen LogP contribution in [0.2, 0.25) is 0 Å². The number of hydrogen-bond donors (Lipinski definition) is 2. The fourth-order valence-electron chi connectivity index (χ4n) is 1.08. The van der Waals surface area contributed by atoms with Gasteiger partial charge in [-0.15, -0.1) is 0 Å². The molecule has 1 aromatic heterocycles. The second kappa shape index (κ2) is 4.79. The van der Waals surface area contributed by atoms with Crippen LogP contribution in [0.3, 0.4) is 0 Å². The molecule has 0 unspecified atom stereocenters. The summed E-state index contributed by atoms with van der Waals surface area (Å²) in [6.07, 6.45) is 0. The van der Waals surface area contributed by atoms with Crippen molar-refractivity contribution in [3.63, 3.8) is 0 Å². The van der Waals surface area contributed by atoms with E-state index >= 15 is 0 Å². The highest BCUT2D eigenvalue weighted by Gasteiger charge is 2.10. The van der Waals surface area contributed by atoms with Crippen molar-refractivity contribution in [3.05, 3.63) is 11.8 Å². The van der Waals surface area contributed by atoms with Crippen molar-refractivity contribution < 1.29 is 4.79 Å². The summed E-state index contributed by atoms with van der Waals surface area (Å²) < 4.78 is 1.47. The Bertz CT molecular complexity index is 325. The first kappa shape index (κ1) is 11.5. The van der Waals surface area contributed by atoms with Gasteiger partial charge >= 0.3 is 0 Å². The molecule has 84 valence electrons. The van der Waals surface area contributed by atoms with Crippen molar-refractivity contribution >= 4 is 11.7 Å². The molecule has 0 aliphatic heterocycles. The Morgan fingerprint density at radius 1 is 1.67 bits per heavy atom. The van der Waals surface area contributed by atoms with E-state index in [0.29, 0.717) is 18.1 Å². The monoisotopic (exact) mass is 211 g/mol. The minimum Gasteiger partial charge on any atom is -0.384 e. The molecule has 6 heteroatoms. The van der Waals surface area contributed by atoms with Crippen LogP contribution >= 0.6 is 0 Å². The highest BCUT2D eigenvalue weighted by atomic mass is 16.1. The number of aromatic nitrogens is 2. The van der Waals surface area contributed by atoms with Crippen molar-refractivity contribution in [2.45, 2.75) is 0 Å². The number of rotatable bonds is 4. The van der Waals surface area contributed by atoms with Gasteiger partial charge in [0.15, 0.2) is 5.69 Å². The molecule has 0 atom stereocenters. The summed E-state index contributed by atoms with van der Waals surface area (Å²) in [6.45, 7) is 1.40. The van der Waals surface area contributed by atoms with Crippen LogP contribution in [0.4, 0.5) is 5.82 Å². The van der Waals surface area contributed by atoms with Crippen LogP contribution in [0.1, 0.15) is 10.5 Å². The highest BCUT2D eigenvalue weighted by Crippen LogP contribution is 2.03. The number of nitrogen functional groups attached to an aromatic ring is 1. The Morgan fingerprint density at radius 3 is 2.80 bits per heavy atom. The predicted octanol–water partition coefficient (Wildman–Crippen LogP) is -0.706. The minimum atomic E-state index is -0.191. The van der Waals surface area contributed by atoms with Crippen molar-refractivity contribution in [3.8, 4) is 0 Å². The minimum absolute atomic E-state index is 0.191. The molecule has 15 heavy (non-hydrogen) atoms. The third-order valence-electron chi connectivity index (χ3n) is 1.99. The van der Waals surface area contributed by atoms with Gasteiger partial charge in [0.25, 0.3) is 5.91 Å². The van der Waals surface area contributed by atoms with Gasteiger partial charge in [-0.3, -0.25) is 9.48 Å². The van der Waals surface area contributed by atoms with Gasteiger partial charge in [0, 0.05) is 26.2 Å². The third kappa shape index (κ3) is 3.25. The average molecular weight is 211 g/mol. The van der Waals surface area contributed by atoms with Gasteiger partial charge in [-0.2, -0.15) is 5.10 Å². The number of nitrogens with zero attached hydrogens (tertiary/aromatic N) is 3. The Hall–Kier alpha value is -1.56. The quantitative estimate of drug-likeness (QED) is 0.690. The number of nitrogens with one attached hydrogen (secondary N) is 1. The van der Waals surface area contributed by atoms with Crippen molar-refractivity contribution in [2.24, 2.45) is 7.05 Å². The van der Waals surface area contributed by atoms with Crippen molar-refractivity contribution in [1.82, 2.24) is 20.0 Å². The van der Waals surface area contributed by atoms with E-state index in [1.54, 1.807) is 13.1 Å². The first-order chi connectivity index (χ1) is 7.00. The van der Waals surface area contributed by atoms with Gasteiger partial charge in [0.2, 0.25) is 0 Å². The molecule has 0 saturated heterocycles. The Labute approximate surface area is 89.0 Å². The van der Waals surface area contributed by atoms with Gasteiger partial charge in [0.1, 0.15) is 5.82 Å². The van der Waals surface area contributed by atoms with Crippen LogP contribution in [-0.4, -0.2) is 47.8 Å². The maximum atomic E-state index is 11.5. The first-order valence-electron chi connectivity index (χ1n) is 4.73. The zero-order chi connectivity index (χ0) is 11.4. The number of amides is 1. The SMILES string of the molecule is CN(C)CCNC(=O)c1cc(N)n(C)n1. The van der Waals surface area contributed by atoms with Gasteiger partial charge in [-0.05, 0) is 14.1 Å². The number of likely N-dealkylation sites (N-methyl/N-ethyl adjacent to an activating group) is 1. The summed E-state index contributed by atoms with van der Waals surface area (Å²) in [5.41, 5.74) is 5.92. The molecule has 1 heterocycles. The van der Waals surface area contributed by atoms with E-state index in [4.69, 9.17) is 5.73 Å². The van der Waals surface area contributed by atoms with E-state index in [1.807, 2.05) is 19.0 Å². The molecule has 0 saturated carbocycles. The maximum absolute atomic E-state index is 11.5. The second-order valence-corrected chi connectivity index (χ2v) is 3.64. The van der Waals surface area contributed by atoms with E-state index in [1.165, 1.54) is 4.68 Å².